The number of aromatic nitrogens is 3. The van der Waals surface area contributed by atoms with E-state index in [1.165, 1.54) is 23.9 Å². The van der Waals surface area contributed by atoms with Crippen molar-refractivity contribution in [3.8, 4) is 17.0 Å². The first kappa shape index (κ1) is 17.8. The lowest BCUT2D eigenvalue weighted by atomic mass is 10.1. The molecular formula is C20H15ClFN3OS. The average Bonchev–Trinajstić information content (AvgIpc) is 3.15. The number of aromatic amines is 1. The number of imidazole rings is 1. The molecule has 0 aliphatic carbocycles. The van der Waals surface area contributed by atoms with Gasteiger partial charge in [0.05, 0.1) is 24.5 Å². The molecular weight excluding hydrogens is 385 g/mol. The van der Waals surface area contributed by atoms with E-state index in [4.69, 9.17) is 16.3 Å². The molecule has 1 N–H and O–H groups in total. The highest BCUT2D eigenvalue weighted by Crippen LogP contribution is 2.29. The molecule has 0 unspecified atom stereocenters. The van der Waals surface area contributed by atoms with E-state index in [0.29, 0.717) is 10.9 Å². The fourth-order valence-electron chi connectivity index (χ4n) is 2.69. The van der Waals surface area contributed by atoms with Crippen molar-refractivity contribution in [1.29, 1.82) is 0 Å². The third kappa shape index (κ3) is 3.91. The molecule has 0 radical (unpaired) electrons. The molecule has 0 atom stereocenters. The number of halogens is 2. The van der Waals surface area contributed by atoms with Gasteiger partial charge in [0.25, 0.3) is 0 Å². The summed E-state index contributed by atoms with van der Waals surface area (Å²) in [4.78, 5) is 12.1. The summed E-state index contributed by atoms with van der Waals surface area (Å²) in [6.45, 7) is 0. The molecule has 7 heteroatoms. The number of hydrogen-bond donors (Lipinski definition) is 1. The fourth-order valence-corrected chi connectivity index (χ4v) is 3.81. The topological polar surface area (TPSA) is 50.8 Å². The Morgan fingerprint density at radius 3 is 2.74 bits per heavy atom. The zero-order valence-corrected chi connectivity index (χ0v) is 15.9. The van der Waals surface area contributed by atoms with Crippen LogP contribution in [0.3, 0.4) is 0 Å². The van der Waals surface area contributed by atoms with Crippen LogP contribution in [0, 0.1) is 5.82 Å². The summed E-state index contributed by atoms with van der Waals surface area (Å²) in [7, 11) is 1.62. The molecule has 0 saturated heterocycles. The highest BCUT2D eigenvalue weighted by molar-refractivity contribution is 7.98. The fraction of sp³-hybridized carbons (Fsp3) is 0.100. The van der Waals surface area contributed by atoms with E-state index in [1.54, 1.807) is 25.4 Å². The van der Waals surface area contributed by atoms with E-state index in [0.717, 1.165) is 38.6 Å². The summed E-state index contributed by atoms with van der Waals surface area (Å²) in [5.41, 5.74) is 3.45. The van der Waals surface area contributed by atoms with Gasteiger partial charge in [-0.2, -0.15) is 0 Å². The summed E-state index contributed by atoms with van der Waals surface area (Å²) >= 11 is 7.88. The number of nitrogens with one attached hydrogen (secondary N) is 1. The van der Waals surface area contributed by atoms with Gasteiger partial charge >= 0.3 is 0 Å². The van der Waals surface area contributed by atoms with E-state index >= 15 is 0 Å². The van der Waals surface area contributed by atoms with Crippen molar-refractivity contribution >= 4 is 34.3 Å². The van der Waals surface area contributed by atoms with Crippen molar-refractivity contribution in [3.63, 3.8) is 0 Å². The van der Waals surface area contributed by atoms with E-state index in [-0.39, 0.29) is 5.82 Å². The Labute approximate surface area is 164 Å². The highest BCUT2D eigenvalue weighted by atomic mass is 35.5. The number of hydrogen-bond acceptors (Lipinski definition) is 4. The van der Waals surface area contributed by atoms with E-state index < -0.39 is 0 Å². The summed E-state index contributed by atoms with van der Waals surface area (Å²) in [5.74, 6) is 1.12. The Bertz CT molecular complexity index is 1100. The quantitative estimate of drug-likeness (QED) is 0.344. The second kappa shape index (κ2) is 7.58. The van der Waals surface area contributed by atoms with Crippen molar-refractivity contribution in [1.82, 2.24) is 15.0 Å². The Morgan fingerprint density at radius 2 is 1.96 bits per heavy atom. The van der Waals surface area contributed by atoms with Gasteiger partial charge in [-0.1, -0.05) is 23.4 Å². The Balaban J connectivity index is 1.51. The predicted octanol–water partition coefficient (Wildman–Crippen LogP) is 5.72. The molecule has 0 aliphatic rings. The normalized spacial score (nSPS) is 11.1. The number of methoxy groups -OCH3 is 1. The number of thioether (sulfide) groups is 1. The van der Waals surface area contributed by atoms with Crippen LogP contribution >= 0.6 is 23.4 Å². The number of rotatable bonds is 5. The van der Waals surface area contributed by atoms with Crippen LogP contribution in [0.25, 0.3) is 22.2 Å². The molecule has 0 fully saturated rings. The Kier molecular flexibility index (Phi) is 5.01. The maximum Gasteiger partial charge on any atom is 0.166 e. The van der Waals surface area contributed by atoms with Crippen molar-refractivity contribution in [2.24, 2.45) is 0 Å². The molecule has 27 heavy (non-hydrogen) atoms. The lowest BCUT2D eigenvalue weighted by Crippen LogP contribution is -1.90. The molecule has 136 valence electrons. The zero-order chi connectivity index (χ0) is 18.8. The lowest BCUT2D eigenvalue weighted by Gasteiger charge is -2.07. The second-order valence-corrected chi connectivity index (χ2v) is 7.22. The number of benzene rings is 2. The molecule has 0 amide bonds. The van der Waals surface area contributed by atoms with Crippen molar-refractivity contribution in [2.75, 3.05) is 7.11 Å². The number of nitrogens with zero attached hydrogens (tertiary/aromatic N) is 2. The van der Waals surface area contributed by atoms with E-state index in [9.17, 15) is 4.39 Å². The molecule has 0 spiro atoms. The van der Waals surface area contributed by atoms with Gasteiger partial charge in [0, 0.05) is 22.8 Å². The van der Waals surface area contributed by atoms with Crippen LogP contribution < -0.4 is 4.74 Å². The second-order valence-electron chi connectivity index (χ2n) is 5.89. The van der Waals surface area contributed by atoms with Crippen LogP contribution in [0.2, 0.25) is 5.15 Å². The maximum absolute atomic E-state index is 13.1. The molecule has 2 aromatic heterocycles. The molecule has 2 aromatic carbocycles. The predicted molar refractivity (Wildman–Crippen MR) is 107 cm³/mol. The Hall–Kier alpha value is -2.57. The lowest BCUT2D eigenvalue weighted by molar-refractivity contribution is 0.415. The van der Waals surface area contributed by atoms with Crippen molar-refractivity contribution in [2.45, 2.75) is 10.9 Å². The first-order chi connectivity index (χ1) is 13.1. The monoisotopic (exact) mass is 399 g/mol. The molecule has 0 saturated carbocycles. The highest BCUT2D eigenvalue weighted by Gasteiger charge is 2.09. The minimum absolute atomic E-state index is 0.260. The third-order valence-electron chi connectivity index (χ3n) is 4.12. The largest absolute Gasteiger partial charge is 0.497 e. The molecule has 0 bridgehead atoms. The molecule has 0 aliphatic heterocycles. The summed E-state index contributed by atoms with van der Waals surface area (Å²) in [5, 5.41) is 2.23. The van der Waals surface area contributed by atoms with Gasteiger partial charge in [-0.3, -0.25) is 0 Å². The van der Waals surface area contributed by atoms with Crippen molar-refractivity contribution < 1.29 is 9.13 Å². The molecule has 4 rings (SSSR count). The molecule has 2 heterocycles. The van der Waals surface area contributed by atoms with Crippen LogP contribution in [0.4, 0.5) is 4.39 Å². The summed E-state index contributed by atoms with van der Waals surface area (Å²) in [6, 6.07) is 14.0. The van der Waals surface area contributed by atoms with Gasteiger partial charge in [0.1, 0.15) is 16.7 Å². The smallest absolute Gasteiger partial charge is 0.166 e. The van der Waals surface area contributed by atoms with Gasteiger partial charge < -0.3 is 9.72 Å². The van der Waals surface area contributed by atoms with Gasteiger partial charge in [0.2, 0.25) is 0 Å². The van der Waals surface area contributed by atoms with Crippen LogP contribution in [0.1, 0.15) is 5.56 Å². The van der Waals surface area contributed by atoms with Gasteiger partial charge in [0.15, 0.2) is 5.16 Å². The van der Waals surface area contributed by atoms with Crippen LogP contribution in [0.5, 0.6) is 5.75 Å². The number of H-pyrrole nitrogens is 1. The number of fused-ring (bicyclic) bond motifs is 1. The van der Waals surface area contributed by atoms with Gasteiger partial charge in [-0.25, -0.2) is 14.4 Å². The van der Waals surface area contributed by atoms with E-state index in [1.807, 2.05) is 24.3 Å². The maximum atomic E-state index is 13.1. The molecule has 4 aromatic rings. The SMILES string of the molecule is COc1ccc2cc(CSc3ncc(-c4ccc(F)cc4)[nH]3)c(Cl)nc2c1. The van der Waals surface area contributed by atoms with Crippen LogP contribution in [-0.4, -0.2) is 22.1 Å². The number of ether oxygens (including phenoxy) is 1. The van der Waals surface area contributed by atoms with Crippen LogP contribution in [0.15, 0.2) is 59.9 Å². The zero-order valence-electron chi connectivity index (χ0n) is 14.4. The minimum atomic E-state index is -0.260. The summed E-state index contributed by atoms with van der Waals surface area (Å²) in [6.07, 6.45) is 1.74. The average molecular weight is 400 g/mol. The standard InChI is InChI=1S/C20H15ClFN3OS/c1-26-16-7-4-13-8-14(19(21)24-17(13)9-16)11-27-20-23-10-18(25-20)12-2-5-15(22)6-3-12/h2-10H,11H2,1H3,(H,23,25). The first-order valence-corrected chi connectivity index (χ1v) is 9.55. The van der Waals surface area contributed by atoms with Gasteiger partial charge in [-0.15, -0.1) is 0 Å². The van der Waals surface area contributed by atoms with Crippen molar-refractivity contribution in [3.05, 3.63) is 71.3 Å². The van der Waals surface area contributed by atoms with Crippen LogP contribution in [-0.2, 0) is 5.75 Å². The minimum Gasteiger partial charge on any atom is -0.497 e. The van der Waals surface area contributed by atoms with Gasteiger partial charge in [-0.05, 0) is 48.0 Å². The number of pyridine rings is 1. The third-order valence-corrected chi connectivity index (χ3v) is 5.39. The van der Waals surface area contributed by atoms with E-state index in [2.05, 4.69) is 15.0 Å². The Morgan fingerprint density at radius 1 is 1.15 bits per heavy atom. The summed E-state index contributed by atoms with van der Waals surface area (Å²) < 4.78 is 18.3. The molecule has 4 nitrogen and oxygen atoms in total. The first-order valence-electron chi connectivity index (χ1n) is 8.19.